The average Bonchev–Trinajstić information content (AvgIpc) is 3.67. The van der Waals surface area contributed by atoms with Gasteiger partial charge in [0.2, 0.25) is 17.7 Å². The first-order chi connectivity index (χ1) is 20.4. The third-order valence-electron chi connectivity index (χ3n) is 8.19. The van der Waals surface area contributed by atoms with Crippen molar-refractivity contribution in [3.8, 4) is 11.1 Å². The summed E-state index contributed by atoms with van der Waals surface area (Å²) < 4.78 is 0. The standard InChI is InChI=1S/C32H33BN6O3/c33-39-17-5-9-27(39)32(42)37-29-15-11-23-19-22(10-13-25(23)35-29)24-12-14-28(34-20-24)36-31(41)26-8-4-16-38(26)30(40)18-21-6-2-1-3-7-21/h1-3,6-7,10-15,19-20,26-27H,4-5,8-9,16-18,33H2,(H,34,36,41)(H,35,37,42)/t26-,27-/m0/s1. The molecule has 2 aromatic heterocycles. The Labute approximate surface area is 245 Å². The second-order valence-corrected chi connectivity index (χ2v) is 11.1. The zero-order valence-corrected chi connectivity index (χ0v) is 23.6. The minimum Gasteiger partial charge on any atom is -0.339 e. The van der Waals surface area contributed by atoms with E-state index in [1.165, 1.54) is 0 Å². The molecule has 4 heterocycles. The Kier molecular flexibility index (Phi) is 7.96. The molecular formula is C32H33BN6O3. The molecule has 0 radical (unpaired) electrons. The molecule has 2 aliphatic heterocycles. The number of rotatable bonds is 7. The molecule has 0 bridgehead atoms. The van der Waals surface area contributed by atoms with E-state index in [0.29, 0.717) is 24.6 Å². The summed E-state index contributed by atoms with van der Waals surface area (Å²) in [6.45, 7) is 1.52. The molecule has 3 amide bonds. The predicted octanol–water partition coefficient (Wildman–Crippen LogP) is 3.42. The number of nitrogens with one attached hydrogen (secondary N) is 2. The van der Waals surface area contributed by atoms with Gasteiger partial charge in [-0.15, -0.1) is 0 Å². The summed E-state index contributed by atoms with van der Waals surface area (Å²) in [6.07, 6.45) is 5.34. The Bertz CT molecular complexity index is 1610. The molecule has 0 saturated carbocycles. The van der Waals surface area contributed by atoms with Crippen LogP contribution in [0.15, 0.2) is 79.0 Å². The van der Waals surface area contributed by atoms with E-state index in [2.05, 4.69) is 25.4 Å². The van der Waals surface area contributed by atoms with Crippen LogP contribution in [0.2, 0.25) is 0 Å². The van der Waals surface area contributed by atoms with Crippen LogP contribution in [-0.4, -0.2) is 70.6 Å². The molecule has 42 heavy (non-hydrogen) atoms. The summed E-state index contributed by atoms with van der Waals surface area (Å²) in [5.74, 6) is 0.722. The maximum atomic E-state index is 13.1. The molecule has 6 rings (SSSR count). The Hall–Kier alpha value is -4.57. The number of hydrogen-bond acceptors (Lipinski definition) is 6. The fraction of sp³-hybridized carbons (Fsp3) is 0.281. The number of anilines is 2. The molecule has 0 unspecified atom stereocenters. The number of fused-ring (bicyclic) bond motifs is 1. The van der Waals surface area contributed by atoms with Gasteiger partial charge in [-0.2, -0.15) is 0 Å². The lowest BCUT2D eigenvalue weighted by atomic mass is 10.0. The van der Waals surface area contributed by atoms with Crippen LogP contribution < -0.4 is 10.6 Å². The molecule has 2 aromatic carbocycles. The van der Waals surface area contributed by atoms with Crippen LogP contribution in [0.4, 0.5) is 11.6 Å². The Morgan fingerprint density at radius 3 is 2.29 bits per heavy atom. The highest BCUT2D eigenvalue weighted by molar-refractivity contribution is 6.08. The molecule has 4 aromatic rings. The topological polar surface area (TPSA) is 108 Å². The van der Waals surface area contributed by atoms with Crippen LogP contribution in [0.1, 0.15) is 31.2 Å². The molecule has 2 atom stereocenters. The molecule has 212 valence electrons. The minimum absolute atomic E-state index is 0.0175. The second kappa shape index (κ2) is 12.1. The lowest BCUT2D eigenvalue weighted by Gasteiger charge is -2.24. The van der Waals surface area contributed by atoms with Crippen LogP contribution in [0.5, 0.6) is 0 Å². The van der Waals surface area contributed by atoms with E-state index >= 15 is 0 Å². The zero-order chi connectivity index (χ0) is 29.1. The van der Waals surface area contributed by atoms with Gasteiger partial charge in [0, 0.05) is 23.7 Å². The van der Waals surface area contributed by atoms with Crippen molar-refractivity contribution in [2.45, 2.75) is 44.2 Å². The summed E-state index contributed by atoms with van der Waals surface area (Å²) in [5, 5.41) is 6.80. The van der Waals surface area contributed by atoms with Gasteiger partial charge < -0.3 is 20.3 Å². The van der Waals surface area contributed by atoms with Gasteiger partial charge >= 0.3 is 0 Å². The molecule has 0 spiro atoms. The van der Waals surface area contributed by atoms with E-state index in [4.69, 9.17) is 0 Å². The molecule has 0 aliphatic carbocycles. The normalized spacial score (nSPS) is 18.7. The van der Waals surface area contributed by atoms with Gasteiger partial charge in [-0.25, -0.2) is 9.97 Å². The predicted molar refractivity (Wildman–Crippen MR) is 165 cm³/mol. The lowest BCUT2D eigenvalue weighted by Crippen LogP contribution is -2.43. The quantitative estimate of drug-likeness (QED) is 0.336. The fourth-order valence-electron chi connectivity index (χ4n) is 5.88. The number of pyridine rings is 2. The Morgan fingerprint density at radius 1 is 0.810 bits per heavy atom. The number of carbonyl (C=O) groups excluding carboxylic acids is 3. The van der Waals surface area contributed by atoms with Crippen molar-refractivity contribution in [3.05, 3.63) is 84.6 Å². The third-order valence-corrected chi connectivity index (χ3v) is 8.19. The van der Waals surface area contributed by atoms with Crippen LogP contribution in [0, 0.1) is 0 Å². The third kappa shape index (κ3) is 6.04. The highest BCUT2D eigenvalue weighted by Crippen LogP contribution is 2.26. The van der Waals surface area contributed by atoms with E-state index in [9.17, 15) is 14.4 Å². The van der Waals surface area contributed by atoms with Gasteiger partial charge in [-0.3, -0.25) is 14.4 Å². The average molecular weight is 560 g/mol. The maximum absolute atomic E-state index is 13.1. The van der Waals surface area contributed by atoms with E-state index in [1.54, 1.807) is 17.2 Å². The smallest absolute Gasteiger partial charge is 0.248 e. The number of benzene rings is 2. The molecule has 2 N–H and O–H groups in total. The number of hydrogen-bond donors (Lipinski definition) is 2. The molecule has 2 fully saturated rings. The van der Waals surface area contributed by atoms with Crippen LogP contribution in [0.25, 0.3) is 22.0 Å². The lowest BCUT2D eigenvalue weighted by molar-refractivity contribution is -0.136. The number of nitrogens with zero attached hydrogens (tertiary/aromatic N) is 4. The van der Waals surface area contributed by atoms with Crippen LogP contribution in [-0.2, 0) is 20.8 Å². The minimum atomic E-state index is -0.496. The monoisotopic (exact) mass is 560 g/mol. The summed E-state index contributed by atoms with van der Waals surface area (Å²) in [4.78, 5) is 51.5. The number of aromatic nitrogens is 2. The van der Waals surface area contributed by atoms with Gasteiger partial charge in [-0.05, 0) is 79.8 Å². The van der Waals surface area contributed by atoms with E-state index in [0.717, 1.165) is 53.4 Å². The number of likely N-dealkylation sites (tertiary alicyclic amines) is 1. The molecular weight excluding hydrogens is 527 g/mol. The highest BCUT2D eigenvalue weighted by atomic mass is 16.2. The Balaban J connectivity index is 1.09. The van der Waals surface area contributed by atoms with Crippen molar-refractivity contribution >= 4 is 48.2 Å². The Morgan fingerprint density at radius 2 is 1.52 bits per heavy atom. The van der Waals surface area contributed by atoms with Gasteiger partial charge in [0.05, 0.1) is 18.0 Å². The van der Waals surface area contributed by atoms with E-state index in [-0.39, 0.29) is 30.2 Å². The van der Waals surface area contributed by atoms with Crippen molar-refractivity contribution in [1.82, 2.24) is 19.7 Å². The largest absolute Gasteiger partial charge is 0.339 e. The molecule has 10 heteroatoms. The first kappa shape index (κ1) is 27.6. The first-order valence-electron chi connectivity index (χ1n) is 14.5. The van der Waals surface area contributed by atoms with Gasteiger partial charge in [0.1, 0.15) is 17.7 Å². The molecule has 2 saturated heterocycles. The summed E-state index contributed by atoms with van der Waals surface area (Å²) >= 11 is 0. The van der Waals surface area contributed by atoms with Crippen molar-refractivity contribution < 1.29 is 14.4 Å². The number of amides is 3. The summed E-state index contributed by atoms with van der Waals surface area (Å²) in [6, 6.07) is 22.4. The van der Waals surface area contributed by atoms with Crippen molar-refractivity contribution in [3.63, 3.8) is 0 Å². The number of carbonyl (C=O) groups is 3. The fourth-order valence-corrected chi connectivity index (χ4v) is 5.88. The molecule has 9 nitrogen and oxygen atoms in total. The second-order valence-electron chi connectivity index (χ2n) is 11.1. The van der Waals surface area contributed by atoms with Crippen molar-refractivity contribution in [2.75, 3.05) is 23.7 Å². The highest BCUT2D eigenvalue weighted by Gasteiger charge is 2.34. The van der Waals surface area contributed by atoms with Crippen LogP contribution >= 0.6 is 0 Å². The molecule has 2 aliphatic rings. The first-order valence-corrected chi connectivity index (χ1v) is 14.5. The zero-order valence-electron chi connectivity index (χ0n) is 23.6. The summed E-state index contributed by atoms with van der Waals surface area (Å²) in [7, 11) is 1.97. The van der Waals surface area contributed by atoms with Crippen molar-refractivity contribution in [2.24, 2.45) is 0 Å². The SMILES string of the molecule is BN1CCC[C@H]1C(=O)Nc1ccc2cc(-c3ccc(NC(=O)[C@@H]4CCCN4C(=O)Cc4ccccc4)nc3)ccc2n1. The maximum Gasteiger partial charge on any atom is 0.248 e. The summed E-state index contributed by atoms with van der Waals surface area (Å²) in [5.41, 5.74) is 3.59. The van der Waals surface area contributed by atoms with Crippen LogP contribution in [0.3, 0.4) is 0 Å². The van der Waals surface area contributed by atoms with Crippen molar-refractivity contribution in [1.29, 1.82) is 0 Å². The van der Waals surface area contributed by atoms with Gasteiger partial charge in [0.25, 0.3) is 0 Å². The van der Waals surface area contributed by atoms with E-state index in [1.807, 2.05) is 74.7 Å². The van der Waals surface area contributed by atoms with Gasteiger partial charge in [-0.1, -0.05) is 36.4 Å². The van der Waals surface area contributed by atoms with E-state index < -0.39 is 6.04 Å². The van der Waals surface area contributed by atoms with Gasteiger partial charge in [0.15, 0.2) is 7.98 Å².